The van der Waals surface area contributed by atoms with E-state index in [-0.39, 0.29) is 0 Å². The van der Waals surface area contributed by atoms with Crippen LogP contribution in [0.5, 0.6) is 5.75 Å². The number of halogens is 1. The summed E-state index contributed by atoms with van der Waals surface area (Å²) in [5.74, 6) is 1.31. The van der Waals surface area contributed by atoms with Crippen LogP contribution < -0.4 is 4.74 Å². The Kier molecular flexibility index (Phi) is 5.44. The van der Waals surface area contributed by atoms with Gasteiger partial charge in [-0.2, -0.15) is 0 Å². The Hall–Kier alpha value is -1.06. The Bertz CT molecular complexity index is 486. The van der Waals surface area contributed by atoms with Gasteiger partial charge in [0.05, 0.1) is 17.7 Å². The fourth-order valence-corrected chi connectivity index (χ4v) is 2.49. The van der Waals surface area contributed by atoms with Crippen molar-refractivity contribution in [2.45, 2.75) is 32.7 Å². The first kappa shape index (κ1) is 15.3. The van der Waals surface area contributed by atoms with Gasteiger partial charge in [-0.3, -0.25) is 4.99 Å². The second-order valence-electron chi connectivity index (χ2n) is 5.47. The molecular weight excluding hydrogens is 274 g/mol. The zero-order valence-corrected chi connectivity index (χ0v) is 13.1. The van der Waals surface area contributed by atoms with Crippen LogP contribution in [-0.4, -0.2) is 32.6 Å². The lowest BCUT2D eigenvalue weighted by Crippen LogP contribution is -2.21. The fraction of sp³-hybridized carbons (Fsp3) is 0.562. The van der Waals surface area contributed by atoms with Gasteiger partial charge >= 0.3 is 0 Å². The lowest BCUT2D eigenvalue weighted by Gasteiger charge is -2.23. The van der Waals surface area contributed by atoms with Crippen LogP contribution in [-0.2, 0) is 11.2 Å². The minimum absolute atomic E-state index is 0.352. The molecule has 1 atom stereocenters. The second-order valence-corrected chi connectivity index (χ2v) is 5.88. The van der Waals surface area contributed by atoms with E-state index in [1.807, 2.05) is 12.3 Å². The number of aliphatic imine (C=N–C) groups is 1. The van der Waals surface area contributed by atoms with Crippen LogP contribution in [0.3, 0.4) is 0 Å². The van der Waals surface area contributed by atoms with Crippen LogP contribution in [0, 0.1) is 5.92 Å². The van der Waals surface area contributed by atoms with Crippen molar-refractivity contribution in [3.8, 4) is 5.75 Å². The second kappa shape index (κ2) is 7.09. The molecule has 4 heteroatoms. The molecule has 0 unspecified atom stereocenters. The fourth-order valence-electron chi connectivity index (χ4n) is 2.27. The number of hydrogen-bond acceptors (Lipinski definition) is 3. The third-order valence-electron chi connectivity index (χ3n) is 3.55. The molecule has 0 aromatic heterocycles. The summed E-state index contributed by atoms with van der Waals surface area (Å²) in [7, 11) is 1.69. The SMILES string of the molecule is COCCCOc1cc2c(cc1Cl)C=N[C@H](C(C)C)C2. The maximum atomic E-state index is 6.26. The molecule has 0 aliphatic carbocycles. The standard InChI is InChI=1S/C16H22ClNO2/c1-11(2)15-8-12-9-16(20-6-4-5-19-3)14(17)7-13(12)10-18-15/h7,9-11,15H,4-6,8H2,1-3H3/t15-/m0/s1. The zero-order valence-electron chi connectivity index (χ0n) is 12.4. The number of fused-ring (bicyclic) bond motifs is 1. The predicted molar refractivity (Wildman–Crippen MR) is 83.4 cm³/mol. The molecule has 0 saturated carbocycles. The highest BCUT2D eigenvalue weighted by Gasteiger charge is 2.19. The summed E-state index contributed by atoms with van der Waals surface area (Å²) in [5.41, 5.74) is 2.38. The normalized spacial score (nSPS) is 17.4. The summed E-state index contributed by atoms with van der Waals surface area (Å²) in [4.78, 5) is 4.59. The van der Waals surface area contributed by atoms with Crippen LogP contribution >= 0.6 is 11.6 Å². The van der Waals surface area contributed by atoms with Crippen molar-refractivity contribution in [2.75, 3.05) is 20.3 Å². The number of nitrogens with zero attached hydrogens (tertiary/aromatic N) is 1. The monoisotopic (exact) mass is 295 g/mol. The van der Waals surface area contributed by atoms with Gasteiger partial charge in [-0.25, -0.2) is 0 Å². The highest BCUT2D eigenvalue weighted by atomic mass is 35.5. The Morgan fingerprint density at radius 3 is 2.85 bits per heavy atom. The summed E-state index contributed by atoms with van der Waals surface area (Å²) in [5, 5.41) is 0.649. The molecule has 0 fully saturated rings. The van der Waals surface area contributed by atoms with Crippen molar-refractivity contribution < 1.29 is 9.47 Å². The summed E-state index contributed by atoms with van der Waals surface area (Å²) in [6.07, 6.45) is 3.75. The first-order valence-electron chi connectivity index (χ1n) is 7.09. The first-order chi connectivity index (χ1) is 9.61. The smallest absolute Gasteiger partial charge is 0.138 e. The van der Waals surface area contributed by atoms with Gasteiger partial charge in [0, 0.05) is 26.4 Å². The van der Waals surface area contributed by atoms with E-state index >= 15 is 0 Å². The van der Waals surface area contributed by atoms with Crippen molar-refractivity contribution in [2.24, 2.45) is 10.9 Å². The average Bonchev–Trinajstić information content (AvgIpc) is 2.43. The average molecular weight is 296 g/mol. The molecule has 0 amide bonds. The topological polar surface area (TPSA) is 30.8 Å². The predicted octanol–water partition coefficient (Wildman–Crippen LogP) is 3.75. The molecular formula is C16H22ClNO2. The lowest BCUT2D eigenvalue weighted by atomic mass is 9.92. The molecule has 1 aromatic rings. The number of hydrogen-bond donors (Lipinski definition) is 0. The summed E-state index contributed by atoms with van der Waals surface area (Å²) < 4.78 is 10.8. The van der Waals surface area contributed by atoms with Crippen molar-refractivity contribution in [1.82, 2.24) is 0 Å². The van der Waals surface area contributed by atoms with E-state index < -0.39 is 0 Å². The molecule has 110 valence electrons. The Morgan fingerprint density at radius 2 is 2.15 bits per heavy atom. The van der Waals surface area contributed by atoms with E-state index in [0.717, 1.165) is 24.2 Å². The third kappa shape index (κ3) is 3.74. The molecule has 3 nitrogen and oxygen atoms in total. The molecule has 1 aliphatic heterocycles. The van der Waals surface area contributed by atoms with Crippen molar-refractivity contribution >= 4 is 17.8 Å². The summed E-state index contributed by atoms with van der Waals surface area (Å²) in [6, 6.07) is 4.36. The van der Waals surface area contributed by atoms with Crippen LogP contribution in [0.15, 0.2) is 17.1 Å². The van der Waals surface area contributed by atoms with E-state index in [1.54, 1.807) is 7.11 Å². The van der Waals surface area contributed by atoms with Gasteiger partial charge in [0.1, 0.15) is 5.75 Å². The maximum absolute atomic E-state index is 6.26. The molecule has 0 radical (unpaired) electrons. The highest BCUT2D eigenvalue weighted by molar-refractivity contribution is 6.32. The van der Waals surface area contributed by atoms with Gasteiger partial charge < -0.3 is 9.47 Å². The Morgan fingerprint density at radius 1 is 1.35 bits per heavy atom. The van der Waals surface area contributed by atoms with E-state index in [9.17, 15) is 0 Å². The Balaban J connectivity index is 2.09. The van der Waals surface area contributed by atoms with Gasteiger partial charge in [-0.1, -0.05) is 25.4 Å². The number of rotatable bonds is 6. The minimum Gasteiger partial charge on any atom is -0.492 e. The first-order valence-corrected chi connectivity index (χ1v) is 7.47. The molecule has 0 N–H and O–H groups in total. The highest BCUT2D eigenvalue weighted by Crippen LogP contribution is 2.31. The molecule has 1 aliphatic rings. The molecule has 2 rings (SSSR count). The molecule has 0 saturated heterocycles. The van der Waals surface area contributed by atoms with Crippen molar-refractivity contribution in [1.29, 1.82) is 0 Å². The van der Waals surface area contributed by atoms with E-state index in [0.29, 0.717) is 30.2 Å². The Labute approximate surface area is 126 Å². The molecule has 0 spiro atoms. The summed E-state index contributed by atoms with van der Waals surface area (Å²) >= 11 is 6.26. The van der Waals surface area contributed by atoms with E-state index in [2.05, 4.69) is 24.9 Å². The van der Waals surface area contributed by atoms with Gasteiger partial charge in [0.15, 0.2) is 0 Å². The zero-order chi connectivity index (χ0) is 14.5. The van der Waals surface area contributed by atoms with E-state index in [4.69, 9.17) is 21.1 Å². The molecule has 20 heavy (non-hydrogen) atoms. The minimum atomic E-state index is 0.352. The number of ether oxygens (including phenoxy) is 2. The largest absolute Gasteiger partial charge is 0.492 e. The van der Waals surface area contributed by atoms with Gasteiger partial charge in [-0.05, 0) is 35.6 Å². The van der Waals surface area contributed by atoms with Crippen LogP contribution in [0.2, 0.25) is 5.02 Å². The molecule has 1 heterocycles. The lowest BCUT2D eigenvalue weighted by molar-refractivity contribution is 0.172. The third-order valence-corrected chi connectivity index (χ3v) is 3.84. The quantitative estimate of drug-likeness (QED) is 0.748. The van der Waals surface area contributed by atoms with Gasteiger partial charge in [-0.15, -0.1) is 0 Å². The van der Waals surface area contributed by atoms with Gasteiger partial charge in [0.2, 0.25) is 0 Å². The van der Waals surface area contributed by atoms with Gasteiger partial charge in [0.25, 0.3) is 0 Å². The number of methoxy groups -OCH3 is 1. The molecule has 1 aromatic carbocycles. The van der Waals surface area contributed by atoms with Crippen molar-refractivity contribution in [3.05, 3.63) is 28.3 Å². The maximum Gasteiger partial charge on any atom is 0.138 e. The summed E-state index contributed by atoms with van der Waals surface area (Å²) in [6.45, 7) is 5.72. The van der Waals surface area contributed by atoms with E-state index in [1.165, 1.54) is 5.56 Å². The van der Waals surface area contributed by atoms with Crippen LogP contribution in [0.25, 0.3) is 0 Å². The molecule has 0 bridgehead atoms. The van der Waals surface area contributed by atoms with Crippen molar-refractivity contribution in [3.63, 3.8) is 0 Å². The van der Waals surface area contributed by atoms with Crippen LogP contribution in [0.1, 0.15) is 31.4 Å². The van der Waals surface area contributed by atoms with Crippen LogP contribution in [0.4, 0.5) is 0 Å². The number of benzene rings is 1.